The lowest BCUT2D eigenvalue weighted by molar-refractivity contribution is -0.121. The average molecular weight is 719 g/mol. The Hall–Kier alpha value is -3.53. The number of aromatic nitrogens is 4. The summed E-state index contributed by atoms with van der Waals surface area (Å²) in [6.07, 6.45) is 1.58. The van der Waals surface area contributed by atoms with Crippen LogP contribution in [0.1, 0.15) is 11.1 Å². The molecule has 0 aliphatic heterocycles. The lowest BCUT2D eigenvalue weighted by Crippen LogP contribution is -2.23. The van der Waals surface area contributed by atoms with Crippen molar-refractivity contribution in [2.75, 3.05) is 5.73 Å². The van der Waals surface area contributed by atoms with E-state index in [0.29, 0.717) is 23.7 Å². The van der Waals surface area contributed by atoms with E-state index in [0.717, 1.165) is 23.8 Å². The van der Waals surface area contributed by atoms with Crippen LogP contribution in [0.5, 0.6) is 5.75 Å². The van der Waals surface area contributed by atoms with E-state index in [1.165, 1.54) is 0 Å². The first kappa shape index (κ1) is 25.1. The number of benzene rings is 3. The fraction of sp³-hybridized carbons (Fsp3) is 0.0800. The van der Waals surface area contributed by atoms with Crippen molar-refractivity contribution in [1.29, 1.82) is 0 Å². The number of carbonyl (C=O) groups excluding carboxylic acids is 1. The summed E-state index contributed by atoms with van der Waals surface area (Å²) in [5.41, 5.74) is 12.0. The summed E-state index contributed by atoms with van der Waals surface area (Å²) in [5, 5.41) is 11.7. The highest BCUT2D eigenvalue weighted by molar-refractivity contribution is 14.1. The van der Waals surface area contributed by atoms with E-state index >= 15 is 0 Å². The Morgan fingerprint density at radius 1 is 1.11 bits per heavy atom. The number of anilines is 1. The molecule has 0 unspecified atom stereocenters. The van der Waals surface area contributed by atoms with Gasteiger partial charge in [-0.3, -0.25) is 4.79 Å². The topological polar surface area (TPSA) is 133 Å². The number of carbonyl (C=O) groups is 1. The van der Waals surface area contributed by atoms with Crippen molar-refractivity contribution in [3.8, 4) is 17.3 Å². The van der Waals surface area contributed by atoms with Gasteiger partial charge in [0.05, 0.1) is 20.8 Å². The molecule has 0 fully saturated rings. The normalized spacial score (nSPS) is 11.3. The van der Waals surface area contributed by atoms with E-state index < -0.39 is 0 Å². The van der Waals surface area contributed by atoms with E-state index in [-0.39, 0.29) is 24.0 Å². The quantitative estimate of drug-likeness (QED) is 0.136. The number of nitrogens with zero attached hydrogens (tertiary/aromatic N) is 5. The molecule has 0 atom stereocenters. The van der Waals surface area contributed by atoms with Crippen LogP contribution in [0.2, 0.25) is 0 Å². The van der Waals surface area contributed by atoms with Crippen molar-refractivity contribution in [3.63, 3.8) is 0 Å². The van der Waals surface area contributed by atoms with Gasteiger partial charge in [0.25, 0.3) is 5.91 Å². The molecule has 0 aliphatic carbocycles. The molecule has 3 N–H and O–H groups in total. The van der Waals surface area contributed by atoms with Gasteiger partial charge >= 0.3 is 0 Å². The molecule has 0 saturated heterocycles. The Morgan fingerprint density at radius 2 is 1.89 bits per heavy atom. The van der Waals surface area contributed by atoms with Crippen molar-refractivity contribution in [3.05, 3.63) is 85.0 Å². The number of rotatable bonds is 8. The van der Waals surface area contributed by atoms with Crippen molar-refractivity contribution in [2.24, 2.45) is 5.10 Å². The van der Waals surface area contributed by atoms with Crippen LogP contribution in [0.15, 0.2) is 76.5 Å². The molecular formula is C25H19I2N7O3. The highest BCUT2D eigenvalue weighted by Crippen LogP contribution is 2.29. The molecule has 0 saturated carbocycles. The molecule has 12 heteroatoms. The number of hydrogen-bond acceptors (Lipinski definition) is 8. The van der Waals surface area contributed by atoms with Gasteiger partial charge in [0.15, 0.2) is 17.3 Å². The van der Waals surface area contributed by atoms with Crippen LogP contribution in [0, 0.1) is 7.14 Å². The van der Waals surface area contributed by atoms with Gasteiger partial charge in [-0.2, -0.15) is 5.10 Å². The van der Waals surface area contributed by atoms with E-state index in [1.54, 1.807) is 10.8 Å². The minimum Gasteiger partial charge on any atom is -0.487 e. The molecular weight excluding hydrogens is 700 g/mol. The number of nitrogen functional groups attached to an aromatic ring is 1. The highest BCUT2D eigenvalue weighted by Gasteiger charge is 2.20. The summed E-state index contributed by atoms with van der Waals surface area (Å²) >= 11 is 4.47. The summed E-state index contributed by atoms with van der Waals surface area (Å²) in [4.78, 5) is 17.4. The first-order valence-electron chi connectivity index (χ1n) is 11.0. The Morgan fingerprint density at radius 3 is 2.68 bits per heavy atom. The number of ether oxygens (including phenoxy) is 1. The number of hydrazone groups is 1. The van der Waals surface area contributed by atoms with Crippen LogP contribution < -0.4 is 15.9 Å². The van der Waals surface area contributed by atoms with Gasteiger partial charge in [0.2, 0.25) is 0 Å². The van der Waals surface area contributed by atoms with Crippen LogP contribution in [-0.4, -0.2) is 32.0 Å². The molecule has 3 aromatic carbocycles. The molecule has 37 heavy (non-hydrogen) atoms. The smallest absolute Gasteiger partial charge is 0.260 e. The van der Waals surface area contributed by atoms with Crippen LogP contribution >= 0.6 is 45.2 Å². The molecule has 5 aromatic rings. The Bertz CT molecular complexity index is 1600. The second-order valence-electron chi connectivity index (χ2n) is 7.88. The number of imidazole rings is 1. The molecule has 10 nitrogen and oxygen atoms in total. The van der Waals surface area contributed by atoms with Gasteiger partial charge in [-0.15, -0.1) is 0 Å². The summed E-state index contributed by atoms with van der Waals surface area (Å²) in [6.45, 7) is 0.349. The van der Waals surface area contributed by atoms with Crippen molar-refractivity contribution in [2.45, 2.75) is 13.2 Å². The molecule has 5 rings (SSSR count). The summed E-state index contributed by atoms with van der Waals surface area (Å²) in [5.74, 6) is 0.802. The number of nitrogens with two attached hydrogens (primary N) is 1. The van der Waals surface area contributed by atoms with Gasteiger partial charge in [0.1, 0.15) is 18.9 Å². The van der Waals surface area contributed by atoms with E-state index in [1.807, 2.05) is 66.7 Å². The van der Waals surface area contributed by atoms with Crippen molar-refractivity contribution in [1.82, 2.24) is 25.3 Å². The molecule has 0 radical (unpaired) electrons. The Kier molecular flexibility index (Phi) is 7.64. The molecule has 1 amide bonds. The largest absolute Gasteiger partial charge is 0.487 e. The molecule has 0 bridgehead atoms. The van der Waals surface area contributed by atoms with Gasteiger partial charge in [0, 0.05) is 9.13 Å². The number of nitrogens with one attached hydrogen (secondary N) is 1. The predicted octanol–water partition coefficient (Wildman–Crippen LogP) is 4.61. The van der Waals surface area contributed by atoms with E-state index in [9.17, 15) is 4.79 Å². The standard InChI is InChI=1S/C25H19I2N7O3/c26-17-10-16(23(18(27)11-17)36-14-15-6-2-1-3-7-15)12-29-31-21(35)13-34-20-9-5-4-8-19(20)30-25(34)22-24(28)33-37-32-22/h1-12H,13-14H2,(H2,28,33)(H,31,35)/b29-12+. The number of hydrogen-bond donors (Lipinski definition) is 2. The van der Waals surface area contributed by atoms with Gasteiger partial charge in [-0.25, -0.2) is 15.0 Å². The lowest BCUT2D eigenvalue weighted by Gasteiger charge is -2.12. The minimum absolute atomic E-state index is 0.0687. The molecule has 186 valence electrons. The van der Waals surface area contributed by atoms with Gasteiger partial charge in [-0.05, 0) is 85.3 Å². The van der Waals surface area contributed by atoms with Crippen LogP contribution in [0.4, 0.5) is 5.82 Å². The number of amides is 1. The zero-order valence-corrected chi connectivity index (χ0v) is 23.5. The zero-order valence-electron chi connectivity index (χ0n) is 19.1. The first-order chi connectivity index (χ1) is 18.0. The monoisotopic (exact) mass is 719 g/mol. The second-order valence-corrected chi connectivity index (χ2v) is 10.3. The fourth-order valence-electron chi connectivity index (χ4n) is 3.68. The fourth-order valence-corrected chi connectivity index (χ4v) is 5.72. The van der Waals surface area contributed by atoms with Crippen LogP contribution in [0.25, 0.3) is 22.6 Å². The molecule has 0 spiro atoms. The Labute approximate surface area is 238 Å². The van der Waals surface area contributed by atoms with E-state index in [2.05, 4.69) is 71.0 Å². The molecule has 2 heterocycles. The summed E-state index contributed by atoms with van der Waals surface area (Å²) in [6, 6.07) is 21.3. The number of halogens is 2. The minimum atomic E-state index is -0.359. The van der Waals surface area contributed by atoms with E-state index in [4.69, 9.17) is 15.1 Å². The molecule has 2 aromatic heterocycles. The SMILES string of the molecule is Nc1nonc1-c1nc2ccccc2n1CC(=O)N/N=C/c1cc(I)cc(I)c1OCc1ccccc1. The summed E-state index contributed by atoms with van der Waals surface area (Å²) in [7, 11) is 0. The van der Waals surface area contributed by atoms with Crippen LogP contribution in [0.3, 0.4) is 0 Å². The third-order valence-corrected chi connectivity index (χ3v) is 6.76. The first-order valence-corrected chi connectivity index (χ1v) is 13.2. The Balaban J connectivity index is 1.34. The maximum atomic E-state index is 12.9. The molecule has 0 aliphatic rings. The van der Waals surface area contributed by atoms with Gasteiger partial charge < -0.3 is 15.0 Å². The highest BCUT2D eigenvalue weighted by atomic mass is 127. The van der Waals surface area contributed by atoms with Crippen LogP contribution in [-0.2, 0) is 17.9 Å². The van der Waals surface area contributed by atoms with Crippen molar-refractivity contribution < 1.29 is 14.2 Å². The third-order valence-electron chi connectivity index (χ3n) is 5.34. The zero-order chi connectivity index (χ0) is 25.8. The predicted molar refractivity (Wildman–Crippen MR) is 156 cm³/mol. The van der Waals surface area contributed by atoms with Gasteiger partial charge in [-0.1, -0.05) is 42.5 Å². The second kappa shape index (κ2) is 11.2. The maximum Gasteiger partial charge on any atom is 0.260 e. The lowest BCUT2D eigenvalue weighted by atomic mass is 10.2. The number of fused-ring (bicyclic) bond motifs is 1. The van der Waals surface area contributed by atoms with Crippen molar-refractivity contribution >= 4 is 74.2 Å². The summed E-state index contributed by atoms with van der Waals surface area (Å²) < 4.78 is 14.5. The maximum absolute atomic E-state index is 12.9. The third kappa shape index (κ3) is 5.74. The average Bonchev–Trinajstić information content (AvgIpc) is 3.47. The number of para-hydroxylation sites is 2.